The summed E-state index contributed by atoms with van der Waals surface area (Å²) >= 11 is 0. The zero-order valence-electron chi connectivity index (χ0n) is 15.7. The maximum atomic E-state index is 12.6. The van der Waals surface area contributed by atoms with Crippen molar-refractivity contribution in [2.45, 2.75) is 39.2 Å². The number of anilines is 2. The Morgan fingerprint density at radius 1 is 1.19 bits per heavy atom. The van der Waals surface area contributed by atoms with Gasteiger partial charge in [-0.05, 0) is 42.5 Å². The fourth-order valence-electron chi connectivity index (χ4n) is 3.17. The van der Waals surface area contributed by atoms with Gasteiger partial charge in [0.15, 0.2) is 15.5 Å². The summed E-state index contributed by atoms with van der Waals surface area (Å²) in [5.74, 6) is 0.705. The van der Waals surface area contributed by atoms with Crippen molar-refractivity contribution >= 4 is 27.2 Å². The number of amides is 1. The molecular formula is C19H24N4O3S. The van der Waals surface area contributed by atoms with Crippen molar-refractivity contribution < 1.29 is 13.2 Å². The second-order valence-electron chi connectivity index (χ2n) is 7.20. The van der Waals surface area contributed by atoms with Crippen LogP contribution in [0.3, 0.4) is 0 Å². The number of aromatic nitrogens is 2. The van der Waals surface area contributed by atoms with Crippen LogP contribution in [0.25, 0.3) is 0 Å². The minimum atomic E-state index is -2.96. The molecule has 2 aromatic rings. The number of sulfone groups is 1. The number of benzene rings is 1. The van der Waals surface area contributed by atoms with Gasteiger partial charge >= 0.3 is 0 Å². The smallest absolute Gasteiger partial charge is 0.276 e. The summed E-state index contributed by atoms with van der Waals surface area (Å²) in [7, 11) is -2.96. The molecule has 2 heterocycles. The molecule has 144 valence electrons. The first-order valence-electron chi connectivity index (χ1n) is 8.97. The number of hydrogen-bond donors (Lipinski definition) is 2. The highest BCUT2D eigenvalue weighted by Gasteiger charge is 2.28. The van der Waals surface area contributed by atoms with Gasteiger partial charge in [-0.15, -0.1) is 10.2 Å². The van der Waals surface area contributed by atoms with Gasteiger partial charge in [-0.25, -0.2) is 8.42 Å². The van der Waals surface area contributed by atoms with Crippen molar-refractivity contribution in [3.63, 3.8) is 0 Å². The van der Waals surface area contributed by atoms with E-state index in [-0.39, 0.29) is 35.1 Å². The molecule has 0 spiro atoms. The van der Waals surface area contributed by atoms with E-state index >= 15 is 0 Å². The van der Waals surface area contributed by atoms with E-state index in [1.54, 1.807) is 12.1 Å². The molecule has 1 aliphatic rings. The monoisotopic (exact) mass is 388 g/mol. The second kappa shape index (κ2) is 7.64. The maximum absolute atomic E-state index is 12.6. The van der Waals surface area contributed by atoms with Crippen molar-refractivity contribution in [3.8, 4) is 0 Å². The van der Waals surface area contributed by atoms with Gasteiger partial charge in [-0.3, -0.25) is 4.79 Å². The molecule has 1 fully saturated rings. The summed E-state index contributed by atoms with van der Waals surface area (Å²) < 4.78 is 23.0. The van der Waals surface area contributed by atoms with Gasteiger partial charge in [0, 0.05) is 11.7 Å². The van der Waals surface area contributed by atoms with E-state index in [2.05, 4.69) is 34.7 Å². The van der Waals surface area contributed by atoms with Crippen LogP contribution in [0.1, 0.15) is 47.8 Å². The predicted molar refractivity (Wildman–Crippen MR) is 106 cm³/mol. The lowest BCUT2D eigenvalue weighted by molar-refractivity contribution is 0.102. The van der Waals surface area contributed by atoms with Crippen LogP contribution in [0.2, 0.25) is 0 Å². The molecule has 0 radical (unpaired) electrons. The SMILES string of the molecule is Cc1cccc(C(C)C)c1NC(=O)c1ccc(NC2CCS(=O)(=O)C2)nn1. The Labute approximate surface area is 159 Å². The van der Waals surface area contributed by atoms with Crippen molar-refractivity contribution in [2.24, 2.45) is 0 Å². The van der Waals surface area contributed by atoms with Crippen molar-refractivity contribution in [3.05, 3.63) is 47.2 Å². The molecule has 0 aliphatic carbocycles. The molecule has 1 unspecified atom stereocenters. The number of nitrogens with one attached hydrogen (secondary N) is 2. The first kappa shape index (κ1) is 19.3. The standard InChI is InChI=1S/C19H24N4O3S/c1-12(2)15-6-4-5-13(3)18(15)21-19(24)16-7-8-17(23-22-16)20-14-9-10-27(25,26)11-14/h4-8,12,14H,9-11H2,1-3H3,(H,20,23)(H,21,24). The fraction of sp³-hybridized carbons (Fsp3) is 0.421. The van der Waals surface area contributed by atoms with Crippen molar-refractivity contribution in [1.82, 2.24) is 10.2 Å². The van der Waals surface area contributed by atoms with E-state index in [9.17, 15) is 13.2 Å². The largest absolute Gasteiger partial charge is 0.365 e. The molecule has 1 amide bonds. The van der Waals surface area contributed by atoms with Gasteiger partial charge in [0.05, 0.1) is 11.5 Å². The zero-order chi connectivity index (χ0) is 19.6. The van der Waals surface area contributed by atoms with Crippen LogP contribution in [-0.4, -0.2) is 42.1 Å². The van der Waals surface area contributed by atoms with Crippen LogP contribution in [0, 0.1) is 6.92 Å². The van der Waals surface area contributed by atoms with E-state index in [4.69, 9.17) is 0 Å². The summed E-state index contributed by atoms with van der Waals surface area (Å²) in [5, 5.41) is 14.0. The van der Waals surface area contributed by atoms with Gasteiger partial charge in [0.2, 0.25) is 0 Å². The predicted octanol–water partition coefficient (Wildman–Crippen LogP) is 2.76. The number of carbonyl (C=O) groups is 1. The Morgan fingerprint density at radius 2 is 1.96 bits per heavy atom. The summed E-state index contributed by atoms with van der Waals surface area (Å²) in [5.41, 5.74) is 3.07. The summed E-state index contributed by atoms with van der Waals surface area (Å²) in [6.45, 7) is 6.11. The lowest BCUT2D eigenvalue weighted by Gasteiger charge is -2.16. The molecule has 1 aromatic heterocycles. The van der Waals surface area contributed by atoms with Gasteiger partial charge in [-0.1, -0.05) is 32.0 Å². The zero-order valence-corrected chi connectivity index (χ0v) is 16.5. The van der Waals surface area contributed by atoms with E-state index < -0.39 is 9.84 Å². The van der Waals surface area contributed by atoms with Gasteiger partial charge in [-0.2, -0.15) is 0 Å². The lowest BCUT2D eigenvalue weighted by Crippen LogP contribution is -2.22. The van der Waals surface area contributed by atoms with Crippen LogP contribution in [0.5, 0.6) is 0 Å². The molecule has 27 heavy (non-hydrogen) atoms. The number of hydrogen-bond acceptors (Lipinski definition) is 6. The number of aryl methyl sites for hydroxylation is 1. The first-order valence-corrected chi connectivity index (χ1v) is 10.8. The molecule has 8 heteroatoms. The molecule has 3 rings (SSSR count). The van der Waals surface area contributed by atoms with Gasteiger partial charge < -0.3 is 10.6 Å². The minimum Gasteiger partial charge on any atom is -0.365 e. The number of rotatable bonds is 5. The Balaban J connectivity index is 1.70. The molecule has 1 aromatic carbocycles. The molecular weight excluding hydrogens is 364 g/mol. The highest BCUT2D eigenvalue weighted by atomic mass is 32.2. The maximum Gasteiger partial charge on any atom is 0.276 e. The van der Waals surface area contributed by atoms with E-state index in [1.807, 2.05) is 25.1 Å². The van der Waals surface area contributed by atoms with E-state index in [1.165, 1.54) is 0 Å². The summed E-state index contributed by atoms with van der Waals surface area (Å²) in [6.07, 6.45) is 0.553. The molecule has 7 nitrogen and oxygen atoms in total. The van der Waals surface area contributed by atoms with Crippen LogP contribution in [0.4, 0.5) is 11.5 Å². The van der Waals surface area contributed by atoms with Crippen molar-refractivity contribution in [2.75, 3.05) is 22.1 Å². The number of para-hydroxylation sites is 1. The van der Waals surface area contributed by atoms with Crippen LogP contribution in [0.15, 0.2) is 30.3 Å². The quantitative estimate of drug-likeness (QED) is 0.817. The van der Waals surface area contributed by atoms with Crippen LogP contribution >= 0.6 is 0 Å². The number of nitrogens with zero attached hydrogens (tertiary/aromatic N) is 2. The summed E-state index contributed by atoms with van der Waals surface area (Å²) in [4.78, 5) is 12.6. The Hall–Kier alpha value is -2.48. The average molecular weight is 388 g/mol. The number of carbonyl (C=O) groups excluding carboxylic acids is 1. The van der Waals surface area contributed by atoms with E-state index in [0.29, 0.717) is 12.2 Å². The van der Waals surface area contributed by atoms with Crippen LogP contribution in [-0.2, 0) is 9.84 Å². The Morgan fingerprint density at radius 3 is 2.56 bits per heavy atom. The molecule has 1 atom stereocenters. The van der Waals surface area contributed by atoms with Gasteiger partial charge in [0.1, 0.15) is 5.82 Å². The fourth-order valence-corrected chi connectivity index (χ4v) is 4.84. The third-order valence-corrected chi connectivity index (χ3v) is 6.42. The second-order valence-corrected chi connectivity index (χ2v) is 9.42. The minimum absolute atomic E-state index is 0.0994. The molecule has 1 saturated heterocycles. The lowest BCUT2D eigenvalue weighted by atomic mass is 9.98. The Kier molecular flexibility index (Phi) is 5.46. The molecule has 0 saturated carbocycles. The average Bonchev–Trinajstić information content (AvgIpc) is 2.95. The highest BCUT2D eigenvalue weighted by Crippen LogP contribution is 2.27. The topological polar surface area (TPSA) is 101 Å². The Bertz CT molecular complexity index is 940. The normalized spacial score (nSPS) is 18.4. The third kappa shape index (κ3) is 4.63. The van der Waals surface area contributed by atoms with Gasteiger partial charge in [0.25, 0.3) is 5.91 Å². The molecule has 0 bridgehead atoms. The highest BCUT2D eigenvalue weighted by molar-refractivity contribution is 7.91. The molecule has 2 N–H and O–H groups in total. The van der Waals surface area contributed by atoms with Crippen molar-refractivity contribution in [1.29, 1.82) is 0 Å². The van der Waals surface area contributed by atoms with E-state index in [0.717, 1.165) is 16.8 Å². The first-order chi connectivity index (χ1) is 12.7. The summed E-state index contributed by atoms with van der Waals surface area (Å²) in [6, 6.07) is 9.00. The molecule has 1 aliphatic heterocycles. The van der Waals surface area contributed by atoms with Crippen LogP contribution < -0.4 is 10.6 Å². The third-order valence-electron chi connectivity index (χ3n) is 4.65.